The topological polar surface area (TPSA) is 136 Å². The highest BCUT2D eigenvalue weighted by molar-refractivity contribution is 7.18. The van der Waals surface area contributed by atoms with Crippen molar-refractivity contribution in [3.8, 4) is 22.0 Å². The molecule has 0 bridgehead atoms. The van der Waals surface area contributed by atoms with E-state index >= 15 is 0 Å². The van der Waals surface area contributed by atoms with Crippen LogP contribution in [-0.4, -0.2) is 47.9 Å². The third-order valence-corrected chi connectivity index (χ3v) is 5.92. The van der Waals surface area contributed by atoms with E-state index in [2.05, 4.69) is 20.3 Å². The number of aromatic nitrogens is 5. The van der Waals surface area contributed by atoms with Crippen LogP contribution in [0, 0.1) is 0 Å². The van der Waals surface area contributed by atoms with Gasteiger partial charge in [-0.15, -0.1) is 10.2 Å². The molecule has 0 spiro atoms. The van der Waals surface area contributed by atoms with Gasteiger partial charge in [0.2, 0.25) is 11.0 Å². The van der Waals surface area contributed by atoms with Crippen molar-refractivity contribution in [3.05, 3.63) is 61.1 Å². The number of amides is 1. The summed E-state index contributed by atoms with van der Waals surface area (Å²) in [6.45, 7) is 5.30. The minimum absolute atomic E-state index is 0.283. The summed E-state index contributed by atoms with van der Waals surface area (Å²) in [5.41, 5.74) is 1.61. The maximum atomic E-state index is 13.3. The van der Waals surface area contributed by atoms with E-state index in [1.165, 1.54) is 28.7 Å². The molecule has 3 heterocycles. The second kappa shape index (κ2) is 8.89. The minimum Gasteiger partial charge on any atom is -0.463 e. The number of rotatable bonds is 4. The van der Waals surface area contributed by atoms with Crippen LogP contribution in [0.25, 0.3) is 32.9 Å². The molecule has 5 rings (SSSR count). The Labute approximate surface area is 208 Å². The fourth-order valence-corrected chi connectivity index (χ4v) is 4.34. The normalized spacial score (nSPS) is 11.5. The maximum absolute atomic E-state index is 13.3. The number of carbonyl (C=O) groups excluding carboxylic acids is 1. The first-order valence-electron chi connectivity index (χ1n) is 10.8. The number of benzene rings is 2. The average molecular weight is 505 g/mol. The van der Waals surface area contributed by atoms with Gasteiger partial charge in [0.25, 0.3) is 0 Å². The Morgan fingerprint density at radius 3 is 2.64 bits per heavy atom. The largest absolute Gasteiger partial charge is 0.463 e. The Kier molecular flexibility index (Phi) is 5.72. The van der Waals surface area contributed by atoms with Gasteiger partial charge in [-0.3, -0.25) is 0 Å². The Bertz CT molecular complexity index is 1570. The molecule has 0 radical (unpaired) electrons. The zero-order valence-corrected chi connectivity index (χ0v) is 20.3. The molecule has 0 unspecified atom stereocenters. The molecule has 1 amide bonds. The molecule has 0 atom stereocenters. The van der Waals surface area contributed by atoms with Crippen molar-refractivity contribution < 1.29 is 23.8 Å². The molecule has 0 aliphatic carbocycles. The summed E-state index contributed by atoms with van der Waals surface area (Å²) in [5.74, 6) is 0.479. The summed E-state index contributed by atoms with van der Waals surface area (Å²) in [6, 6.07) is 12.3. The third kappa shape index (κ3) is 4.53. The number of carboxylic acid groups (broad SMARTS) is 1. The van der Waals surface area contributed by atoms with Crippen molar-refractivity contribution >= 4 is 45.2 Å². The van der Waals surface area contributed by atoms with Crippen molar-refractivity contribution in [1.29, 1.82) is 0 Å². The average Bonchev–Trinajstić information content (AvgIpc) is 3.58. The predicted molar refractivity (Wildman–Crippen MR) is 132 cm³/mol. The highest BCUT2D eigenvalue weighted by atomic mass is 32.1. The monoisotopic (exact) mass is 504 g/mol. The van der Waals surface area contributed by atoms with Crippen molar-refractivity contribution in [1.82, 2.24) is 25.0 Å². The lowest BCUT2D eigenvalue weighted by Gasteiger charge is -2.25. The van der Waals surface area contributed by atoms with Crippen molar-refractivity contribution in [3.63, 3.8) is 0 Å². The SMILES string of the molecule is CC(C)(C)OC(=O)N(c1ccc2c(cnn2C(=O)O)c1)c1nnc(-c2cccc(-c3ncco3)c2)s1. The zero-order chi connectivity index (χ0) is 25.4. The molecule has 3 aromatic heterocycles. The van der Waals surface area contributed by atoms with Gasteiger partial charge in [-0.2, -0.15) is 9.78 Å². The molecule has 11 nitrogen and oxygen atoms in total. The maximum Gasteiger partial charge on any atom is 0.432 e. The highest BCUT2D eigenvalue weighted by Gasteiger charge is 2.28. The number of fused-ring (bicyclic) bond motifs is 1. The van der Waals surface area contributed by atoms with E-state index in [4.69, 9.17) is 9.15 Å². The van der Waals surface area contributed by atoms with Gasteiger partial charge >= 0.3 is 12.2 Å². The first-order chi connectivity index (χ1) is 17.2. The third-order valence-electron chi connectivity index (χ3n) is 4.96. The number of hydrogen-bond donors (Lipinski definition) is 1. The number of hydrogen-bond acceptors (Lipinski definition) is 9. The first kappa shape index (κ1) is 23.2. The number of nitrogens with zero attached hydrogens (tertiary/aromatic N) is 6. The van der Waals surface area contributed by atoms with Gasteiger partial charge in [-0.25, -0.2) is 19.5 Å². The van der Waals surface area contributed by atoms with Gasteiger partial charge in [0.1, 0.15) is 16.9 Å². The van der Waals surface area contributed by atoms with E-state index in [9.17, 15) is 14.7 Å². The van der Waals surface area contributed by atoms with E-state index in [-0.39, 0.29) is 5.13 Å². The fourth-order valence-electron chi connectivity index (χ4n) is 3.49. The Morgan fingerprint density at radius 2 is 1.92 bits per heavy atom. The second-order valence-electron chi connectivity index (χ2n) is 8.71. The molecule has 0 saturated heterocycles. The van der Waals surface area contributed by atoms with Crippen molar-refractivity contribution in [2.45, 2.75) is 26.4 Å². The lowest BCUT2D eigenvalue weighted by molar-refractivity contribution is 0.0599. The number of carbonyl (C=O) groups is 2. The van der Waals surface area contributed by atoms with Gasteiger partial charge in [-0.05, 0) is 51.1 Å². The zero-order valence-electron chi connectivity index (χ0n) is 19.4. The van der Waals surface area contributed by atoms with Crippen LogP contribution in [0.2, 0.25) is 0 Å². The van der Waals surface area contributed by atoms with Gasteiger partial charge in [0.05, 0.1) is 23.6 Å². The Balaban J connectivity index is 1.55. The minimum atomic E-state index is -1.21. The summed E-state index contributed by atoms with van der Waals surface area (Å²) >= 11 is 1.20. The van der Waals surface area contributed by atoms with E-state index in [0.29, 0.717) is 27.5 Å². The van der Waals surface area contributed by atoms with Crippen molar-refractivity contribution in [2.75, 3.05) is 4.90 Å². The van der Waals surface area contributed by atoms with Crippen LogP contribution in [-0.2, 0) is 4.74 Å². The smallest absolute Gasteiger partial charge is 0.432 e. The summed E-state index contributed by atoms with van der Waals surface area (Å²) in [4.78, 5) is 30.2. The first-order valence-corrected chi connectivity index (χ1v) is 11.6. The molecule has 0 aliphatic rings. The second-order valence-corrected chi connectivity index (χ2v) is 9.66. The van der Waals surface area contributed by atoms with Gasteiger partial charge in [-0.1, -0.05) is 23.5 Å². The van der Waals surface area contributed by atoms with Gasteiger partial charge in [0.15, 0.2) is 0 Å². The molecular formula is C24H20N6O5S. The standard InChI is InChI=1S/C24H20N6O5S/c1-24(2,3)35-23(33)29(17-7-8-18-16(12-17)13-26-30(18)22(31)32)21-28-27-20(36-21)15-6-4-5-14(11-15)19-25-9-10-34-19/h4-13H,1-3H3,(H,31,32). The van der Waals surface area contributed by atoms with E-state index in [1.54, 1.807) is 45.2 Å². The molecule has 1 N–H and O–H groups in total. The van der Waals surface area contributed by atoms with Crippen molar-refractivity contribution in [2.24, 2.45) is 0 Å². The van der Waals surface area contributed by atoms with E-state index in [0.717, 1.165) is 15.8 Å². The van der Waals surface area contributed by atoms with E-state index < -0.39 is 17.8 Å². The molecule has 0 saturated carbocycles. The summed E-state index contributed by atoms with van der Waals surface area (Å²) in [6.07, 6.45) is 2.63. The summed E-state index contributed by atoms with van der Waals surface area (Å²) in [7, 11) is 0. The van der Waals surface area contributed by atoms with Crippen LogP contribution in [0.5, 0.6) is 0 Å². The predicted octanol–water partition coefficient (Wildman–Crippen LogP) is 5.81. The van der Waals surface area contributed by atoms with E-state index in [1.807, 2.05) is 24.3 Å². The molecule has 36 heavy (non-hydrogen) atoms. The molecular weight excluding hydrogens is 484 g/mol. The lowest BCUT2D eigenvalue weighted by Crippen LogP contribution is -2.33. The van der Waals surface area contributed by atoms with Crippen LogP contribution in [0.4, 0.5) is 20.4 Å². The Hall–Kier alpha value is -4.58. The number of oxazole rings is 1. The molecule has 0 aliphatic heterocycles. The van der Waals surface area contributed by atoms with Crippen LogP contribution in [0.1, 0.15) is 20.8 Å². The summed E-state index contributed by atoms with van der Waals surface area (Å²) < 4.78 is 11.9. The van der Waals surface area contributed by atoms with Crippen LogP contribution in [0.3, 0.4) is 0 Å². The number of anilines is 2. The quantitative estimate of drug-likeness (QED) is 0.321. The van der Waals surface area contributed by atoms with Gasteiger partial charge < -0.3 is 14.3 Å². The molecule has 182 valence electrons. The van der Waals surface area contributed by atoms with Gasteiger partial charge in [0, 0.05) is 16.5 Å². The lowest BCUT2D eigenvalue weighted by atomic mass is 10.1. The Morgan fingerprint density at radius 1 is 1.11 bits per heavy atom. The molecule has 12 heteroatoms. The summed E-state index contributed by atoms with van der Waals surface area (Å²) in [5, 5.41) is 23.2. The number of ether oxygens (including phenoxy) is 1. The van der Waals surface area contributed by atoms with Crippen LogP contribution >= 0.6 is 11.3 Å². The molecule has 2 aromatic carbocycles. The van der Waals surface area contributed by atoms with Crippen LogP contribution in [0.15, 0.2) is 65.5 Å². The molecule has 5 aromatic rings. The van der Waals surface area contributed by atoms with Crippen LogP contribution < -0.4 is 4.90 Å². The molecule has 0 fully saturated rings. The fraction of sp³-hybridized carbons (Fsp3) is 0.167. The highest BCUT2D eigenvalue weighted by Crippen LogP contribution is 2.36.